The van der Waals surface area contributed by atoms with Gasteiger partial charge in [-0.1, -0.05) is 0 Å². The normalized spacial score (nSPS) is 10.6. The van der Waals surface area contributed by atoms with Crippen molar-refractivity contribution in [1.82, 2.24) is 0 Å². The smallest absolute Gasteiger partial charge is 0.123 e. The second-order valence-electron chi connectivity index (χ2n) is 3.64. The van der Waals surface area contributed by atoms with Gasteiger partial charge in [0, 0.05) is 23.8 Å². The lowest BCUT2D eigenvalue weighted by Crippen LogP contribution is -1.92. The molecule has 2 aromatic rings. The summed E-state index contributed by atoms with van der Waals surface area (Å²) in [6.07, 6.45) is 3.35. The average molecular weight is 246 g/mol. The largest absolute Gasteiger partial charge is 0.360 e. The van der Waals surface area contributed by atoms with Crippen molar-refractivity contribution in [2.24, 2.45) is 0 Å². The third-order valence-corrected chi connectivity index (χ3v) is 2.27. The molecule has 2 rings (SSSR count). The second kappa shape index (κ2) is 5.82. The summed E-state index contributed by atoms with van der Waals surface area (Å²) in [5.41, 5.74) is 1.57. The fourth-order valence-electron chi connectivity index (χ4n) is 1.37. The van der Waals surface area contributed by atoms with Crippen LogP contribution in [0.15, 0.2) is 60.9 Å². The molecule has 92 valence electrons. The van der Waals surface area contributed by atoms with Crippen molar-refractivity contribution in [1.29, 1.82) is 0 Å². The number of anilines is 2. The molecular formula is C14H12F2N2. The summed E-state index contributed by atoms with van der Waals surface area (Å²) >= 11 is 0. The fraction of sp³-hybridized carbons (Fsp3) is 0. The van der Waals surface area contributed by atoms with Gasteiger partial charge >= 0.3 is 0 Å². The molecule has 0 saturated heterocycles. The predicted molar refractivity (Wildman–Crippen MR) is 69.2 cm³/mol. The Hall–Kier alpha value is -2.36. The second-order valence-corrected chi connectivity index (χ2v) is 3.64. The van der Waals surface area contributed by atoms with E-state index >= 15 is 0 Å². The van der Waals surface area contributed by atoms with Crippen molar-refractivity contribution >= 4 is 11.4 Å². The maximum Gasteiger partial charge on any atom is 0.123 e. The quantitative estimate of drug-likeness (QED) is 0.853. The third kappa shape index (κ3) is 3.59. The van der Waals surface area contributed by atoms with Crippen LogP contribution >= 0.6 is 0 Å². The first-order valence-electron chi connectivity index (χ1n) is 5.43. The molecule has 0 aromatic heterocycles. The number of benzene rings is 2. The van der Waals surface area contributed by atoms with Crippen LogP contribution in [0, 0.1) is 11.6 Å². The number of hydrogen-bond donors (Lipinski definition) is 2. The molecule has 0 amide bonds. The molecule has 2 nitrogen and oxygen atoms in total. The monoisotopic (exact) mass is 246 g/mol. The van der Waals surface area contributed by atoms with Crippen LogP contribution in [-0.2, 0) is 0 Å². The average Bonchev–Trinajstić information content (AvgIpc) is 2.39. The summed E-state index contributed by atoms with van der Waals surface area (Å²) < 4.78 is 25.3. The van der Waals surface area contributed by atoms with Gasteiger partial charge in [0.15, 0.2) is 0 Å². The highest BCUT2D eigenvalue weighted by molar-refractivity contribution is 5.48. The van der Waals surface area contributed by atoms with Gasteiger partial charge in [-0.25, -0.2) is 8.78 Å². The molecule has 2 N–H and O–H groups in total. The molecule has 0 bridgehead atoms. The van der Waals surface area contributed by atoms with Gasteiger partial charge in [0.25, 0.3) is 0 Å². The van der Waals surface area contributed by atoms with E-state index in [4.69, 9.17) is 0 Å². The Bertz CT molecular complexity index is 469. The zero-order valence-electron chi connectivity index (χ0n) is 9.53. The van der Waals surface area contributed by atoms with Gasteiger partial charge in [0.1, 0.15) is 11.6 Å². The first-order valence-corrected chi connectivity index (χ1v) is 5.43. The highest BCUT2D eigenvalue weighted by Crippen LogP contribution is 2.09. The van der Waals surface area contributed by atoms with Gasteiger partial charge in [0.2, 0.25) is 0 Å². The van der Waals surface area contributed by atoms with E-state index in [0.717, 1.165) is 11.4 Å². The maximum atomic E-state index is 12.6. The van der Waals surface area contributed by atoms with Gasteiger partial charge in [-0.15, -0.1) is 0 Å². The van der Waals surface area contributed by atoms with Gasteiger partial charge < -0.3 is 10.6 Å². The standard InChI is InChI=1S/C14H12F2N2/c15-11-1-5-13(6-2-11)17-9-10-18-14-7-3-12(16)4-8-14/h1-10,17-18H/b10-9-. The van der Waals surface area contributed by atoms with E-state index < -0.39 is 0 Å². The SMILES string of the molecule is Fc1ccc(N/C=C\Nc2ccc(F)cc2)cc1. The van der Waals surface area contributed by atoms with E-state index in [1.54, 1.807) is 36.7 Å². The van der Waals surface area contributed by atoms with Crippen molar-refractivity contribution in [3.63, 3.8) is 0 Å². The van der Waals surface area contributed by atoms with E-state index in [1.165, 1.54) is 24.3 Å². The minimum Gasteiger partial charge on any atom is -0.360 e. The number of nitrogens with one attached hydrogen (secondary N) is 2. The van der Waals surface area contributed by atoms with Gasteiger partial charge in [0.05, 0.1) is 0 Å². The van der Waals surface area contributed by atoms with Gasteiger partial charge in [-0.3, -0.25) is 0 Å². The molecule has 0 fully saturated rings. The van der Waals surface area contributed by atoms with Crippen molar-refractivity contribution < 1.29 is 8.78 Å². The van der Waals surface area contributed by atoms with Crippen molar-refractivity contribution in [3.8, 4) is 0 Å². The van der Waals surface area contributed by atoms with Crippen LogP contribution < -0.4 is 10.6 Å². The van der Waals surface area contributed by atoms with Gasteiger partial charge in [-0.2, -0.15) is 0 Å². The molecule has 0 saturated carbocycles. The molecule has 4 heteroatoms. The van der Waals surface area contributed by atoms with Crippen LogP contribution in [0.5, 0.6) is 0 Å². The number of hydrogen-bond acceptors (Lipinski definition) is 2. The molecule has 0 heterocycles. The molecule has 18 heavy (non-hydrogen) atoms. The maximum absolute atomic E-state index is 12.6. The summed E-state index contributed by atoms with van der Waals surface area (Å²) in [6, 6.07) is 12.1. The Balaban J connectivity index is 1.85. The summed E-state index contributed by atoms with van der Waals surface area (Å²) in [6.45, 7) is 0. The molecule has 0 unspecified atom stereocenters. The summed E-state index contributed by atoms with van der Waals surface area (Å²) in [4.78, 5) is 0. The summed E-state index contributed by atoms with van der Waals surface area (Å²) in [5, 5.41) is 5.94. The Kier molecular flexibility index (Phi) is 3.91. The first-order chi connectivity index (χ1) is 8.74. The highest BCUT2D eigenvalue weighted by atomic mass is 19.1. The minimum atomic E-state index is -0.269. The van der Waals surface area contributed by atoms with Crippen molar-refractivity contribution in [3.05, 3.63) is 72.6 Å². The zero-order valence-corrected chi connectivity index (χ0v) is 9.53. The first kappa shape index (κ1) is 12.1. The van der Waals surface area contributed by atoms with Crippen molar-refractivity contribution in [2.45, 2.75) is 0 Å². The Morgan fingerprint density at radius 3 is 1.28 bits per heavy atom. The molecule has 0 aliphatic rings. The topological polar surface area (TPSA) is 24.1 Å². The van der Waals surface area contributed by atoms with E-state index in [-0.39, 0.29) is 11.6 Å². The Morgan fingerprint density at radius 1 is 0.611 bits per heavy atom. The minimum absolute atomic E-state index is 0.269. The van der Waals surface area contributed by atoms with Crippen LogP contribution in [0.3, 0.4) is 0 Å². The van der Waals surface area contributed by atoms with Crippen molar-refractivity contribution in [2.75, 3.05) is 10.6 Å². The Labute approximate surface area is 104 Å². The molecule has 0 atom stereocenters. The summed E-state index contributed by atoms with van der Waals surface area (Å²) in [5.74, 6) is -0.539. The molecule has 0 spiro atoms. The lowest BCUT2D eigenvalue weighted by Gasteiger charge is -2.02. The van der Waals surface area contributed by atoms with E-state index in [2.05, 4.69) is 10.6 Å². The predicted octanol–water partition coefficient (Wildman–Crippen LogP) is 3.96. The number of rotatable bonds is 4. The van der Waals surface area contributed by atoms with Crippen LogP contribution in [0.2, 0.25) is 0 Å². The molecule has 2 aromatic carbocycles. The fourth-order valence-corrected chi connectivity index (χ4v) is 1.37. The van der Waals surface area contributed by atoms with Crippen LogP contribution in [0.25, 0.3) is 0 Å². The van der Waals surface area contributed by atoms with Crippen LogP contribution in [0.4, 0.5) is 20.2 Å². The lowest BCUT2D eigenvalue weighted by molar-refractivity contribution is 0.627. The third-order valence-electron chi connectivity index (χ3n) is 2.27. The number of halogens is 2. The molecular weight excluding hydrogens is 234 g/mol. The van der Waals surface area contributed by atoms with E-state index in [0.29, 0.717) is 0 Å². The molecule has 0 radical (unpaired) electrons. The van der Waals surface area contributed by atoms with Gasteiger partial charge in [-0.05, 0) is 48.5 Å². The van der Waals surface area contributed by atoms with E-state index in [9.17, 15) is 8.78 Å². The highest BCUT2D eigenvalue weighted by Gasteiger charge is 1.91. The lowest BCUT2D eigenvalue weighted by atomic mass is 10.3. The van der Waals surface area contributed by atoms with Crippen LogP contribution in [-0.4, -0.2) is 0 Å². The molecule has 0 aliphatic carbocycles. The Morgan fingerprint density at radius 2 is 0.944 bits per heavy atom. The zero-order chi connectivity index (χ0) is 12.8. The van der Waals surface area contributed by atoms with Crippen LogP contribution in [0.1, 0.15) is 0 Å². The van der Waals surface area contributed by atoms with E-state index in [1.807, 2.05) is 0 Å². The summed E-state index contributed by atoms with van der Waals surface area (Å²) in [7, 11) is 0. The molecule has 0 aliphatic heterocycles.